The number of carboxylic acids is 1. The van der Waals surface area contributed by atoms with Crippen LogP contribution in [0.5, 0.6) is 0 Å². The van der Waals surface area contributed by atoms with Gasteiger partial charge in [0.25, 0.3) is 11.6 Å². The van der Waals surface area contributed by atoms with Gasteiger partial charge >= 0.3 is 5.97 Å². The second-order valence-electron chi connectivity index (χ2n) is 6.34. The third-order valence-corrected chi connectivity index (χ3v) is 4.53. The van der Waals surface area contributed by atoms with Gasteiger partial charge in [0.2, 0.25) is 5.91 Å². The Morgan fingerprint density at radius 3 is 2.59 bits per heavy atom. The minimum atomic E-state index is -1.12. The summed E-state index contributed by atoms with van der Waals surface area (Å²) in [4.78, 5) is 47.9. The van der Waals surface area contributed by atoms with E-state index in [-0.39, 0.29) is 24.1 Å². The fourth-order valence-corrected chi connectivity index (χ4v) is 3.20. The van der Waals surface area contributed by atoms with Gasteiger partial charge in [-0.05, 0) is 25.3 Å². The van der Waals surface area contributed by atoms with E-state index in [4.69, 9.17) is 5.11 Å². The number of hydrogen-bond donors (Lipinski definition) is 1. The van der Waals surface area contributed by atoms with Gasteiger partial charge < -0.3 is 14.9 Å². The van der Waals surface area contributed by atoms with Gasteiger partial charge in [0.05, 0.1) is 16.6 Å². The number of nitrogens with zero attached hydrogens (tertiary/aromatic N) is 3. The molecule has 0 radical (unpaired) electrons. The highest BCUT2D eigenvalue weighted by Gasteiger charge is 2.29. The van der Waals surface area contributed by atoms with Crippen LogP contribution < -0.4 is 0 Å². The first kappa shape index (κ1) is 20.3. The minimum Gasteiger partial charge on any atom is -0.480 e. The van der Waals surface area contributed by atoms with Crippen molar-refractivity contribution in [2.75, 3.05) is 19.6 Å². The van der Waals surface area contributed by atoms with Gasteiger partial charge in [-0.1, -0.05) is 0 Å². The van der Waals surface area contributed by atoms with Gasteiger partial charge in [0.15, 0.2) is 0 Å². The number of carbonyl (C=O) groups excluding carboxylic acids is 2. The molecule has 9 nitrogen and oxygen atoms in total. The molecule has 0 saturated carbocycles. The zero-order valence-corrected chi connectivity index (χ0v) is 14.8. The number of likely N-dealkylation sites (tertiary alicyclic amines) is 1. The smallest absolute Gasteiger partial charge is 0.323 e. The number of benzene rings is 1. The summed E-state index contributed by atoms with van der Waals surface area (Å²) < 4.78 is 14.1. The van der Waals surface area contributed by atoms with E-state index in [0.29, 0.717) is 31.9 Å². The molecule has 1 fully saturated rings. The maximum Gasteiger partial charge on any atom is 0.323 e. The third-order valence-electron chi connectivity index (χ3n) is 4.53. The largest absolute Gasteiger partial charge is 0.480 e. The van der Waals surface area contributed by atoms with Gasteiger partial charge in [0.1, 0.15) is 12.4 Å². The number of rotatable bonds is 5. The van der Waals surface area contributed by atoms with Crippen LogP contribution in [0.2, 0.25) is 0 Å². The molecule has 1 atom stereocenters. The lowest BCUT2D eigenvalue weighted by atomic mass is 10.1. The zero-order valence-electron chi connectivity index (χ0n) is 14.8. The summed E-state index contributed by atoms with van der Waals surface area (Å²) in [6.45, 7) is 1.43. The first-order valence-electron chi connectivity index (χ1n) is 8.43. The second kappa shape index (κ2) is 8.56. The van der Waals surface area contributed by atoms with E-state index in [1.54, 1.807) is 0 Å². The molecule has 146 valence electrons. The van der Waals surface area contributed by atoms with Crippen molar-refractivity contribution >= 4 is 23.5 Å². The maximum absolute atomic E-state index is 14.1. The molecule has 1 aromatic carbocycles. The fraction of sp³-hybridized carbons (Fsp3) is 0.471. The maximum atomic E-state index is 14.1. The average molecular weight is 381 g/mol. The molecule has 2 rings (SSSR count). The lowest BCUT2D eigenvalue weighted by Crippen LogP contribution is -2.43. The highest BCUT2D eigenvalue weighted by atomic mass is 19.1. The highest BCUT2D eigenvalue weighted by molar-refractivity contribution is 5.94. The molecule has 1 aliphatic heterocycles. The lowest BCUT2D eigenvalue weighted by Gasteiger charge is -2.28. The van der Waals surface area contributed by atoms with Crippen LogP contribution in [0.1, 0.15) is 36.5 Å². The number of carbonyl (C=O) groups is 3. The second-order valence-corrected chi connectivity index (χ2v) is 6.34. The van der Waals surface area contributed by atoms with Crippen LogP contribution in [0.25, 0.3) is 0 Å². The van der Waals surface area contributed by atoms with Gasteiger partial charge in [-0.25, -0.2) is 4.39 Å². The molecule has 10 heteroatoms. The van der Waals surface area contributed by atoms with E-state index in [0.717, 1.165) is 12.1 Å². The van der Waals surface area contributed by atoms with E-state index in [1.165, 1.54) is 16.7 Å². The minimum absolute atomic E-state index is 0.226. The standard InChI is InChI=1S/C17H20FN3O6/c1-11(22)20(10-16(23)24)12-3-2-7-19(8-6-12)17(25)14-5-4-13(21(26)27)9-15(14)18/h4-5,9,12H,2-3,6-8,10H2,1H3,(H,23,24). The molecule has 1 aromatic rings. The summed E-state index contributed by atoms with van der Waals surface area (Å²) >= 11 is 0. The first-order chi connectivity index (χ1) is 12.7. The van der Waals surface area contributed by atoms with Gasteiger partial charge in [0, 0.05) is 32.1 Å². The SMILES string of the molecule is CC(=O)N(CC(=O)O)C1CCCN(C(=O)c2ccc([N+](=O)[O-])cc2F)CC1. The summed E-state index contributed by atoms with van der Waals surface area (Å²) in [5.74, 6) is -3.03. The van der Waals surface area contributed by atoms with Crippen molar-refractivity contribution in [3.8, 4) is 0 Å². The number of hydrogen-bond acceptors (Lipinski definition) is 5. The Hall–Kier alpha value is -3.04. The van der Waals surface area contributed by atoms with Crippen LogP contribution >= 0.6 is 0 Å². The molecule has 1 saturated heterocycles. The lowest BCUT2D eigenvalue weighted by molar-refractivity contribution is -0.385. The molecule has 1 unspecified atom stereocenters. The van der Waals surface area contributed by atoms with Crippen LogP contribution in [-0.4, -0.2) is 63.3 Å². The normalized spacial score (nSPS) is 17.1. The van der Waals surface area contributed by atoms with E-state index < -0.39 is 34.8 Å². The molecule has 0 bridgehead atoms. The predicted octanol–water partition coefficient (Wildman–Crippen LogP) is 1.66. The Morgan fingerprint density at radius 1 is 1.33 bits per heavy atom. The summed E-state index contributed by atoms with van der Waals surface area (Å²) in [7, 11) is 0. The van der Waals surface area contributed by atoms with Crippen molar-refractivity contribution in [3.05, 3.63) is 39.7 Å². The zero-order chi connectivity index (χ0) is 20.1. The molecule has 0 spiro atoms. The quantitative estimate of drug-likeness (QED) is 0.612. The van der Waals surface area contributed by atoms with Crippen molar-refractivity contribution in [1.82, 2.24) is 9.80 Å². The Bertz CT molecular complexity index is 769. The van der Waals surface area contributed by atoms with Crippen LogP contribution in [0, 0.1) is 15.9 Å². The summed E-state index contributed by atoms with van der Waals surface area (Å²) in [5, 5.41) is 19.6. The van der Waals surface area contributed by atoms with Gasteiger partial charge in [-0.15, -0.1) is 0 Å². The van der Waals surface area contributed by atoms with E-state index in [2.05, 4.69) is 0 Å². The predicted molar refractivity (Wildman–Crippen MR) is 91.6 cm³/mol. The Balaban J connectivity index is 2.11. The molecule has 1 heterocycles. The Morgan fingerprint density at radius 2 is 2.04 bits per heavy atom. The number of nitro benzene ring substituents is 1. The van der Waals surface area contributed by atoms with Gasteiger partial charge in [-0.2, -0.15) is 0 Å². The van der Waals surface area contributed by atoms with Gasteiger partial charge in [-0.3, -0.25) is 24.5 Å². The number of nitro groups is 1. The number of halogens is 1. The highest BCUT2D eigenvalue weighted by Crippen LogP contribution is 2.22. The molecule has 0 aliphatic carbocycles. The van der Waals surface area contributed by atoms with Crippen molar-refractivity contribution in [1.29, 1.82) is 0 Å². The van der Waals surface area contributed by atoms with Crippen LogP contribution in [0.3, 0.4) is 0 Å². The molecular formula is C17H20FN3O6. The summed E-state index contributed by atoms with van der Waals surface area (Å²) in [6, 6.07) is 2.54. The van der Waals surface area contributed by atoms with Crippen LogP contribution in [0.4, 0.5) is 10.1 Å². The topological polar surface area (TPSA) is 121 Å². The van der Waals surface area contributed by atoms with Crippen LogP contribution in [-0.2, 0) is 9.59 Å². The number of non-ortho nitro benzene ring substituents is 1. The van der Waals surface area contributed by atoms with E-state index >= 15 is 0 Å². The number of aliphatic carboxylic acids is 1. The van der Waals surface area contributed by atoms with E-state index in [1.807, 2.05) is 0 Å². The molecular weight excluding hydrogens is 361 g/mol. The number of amides is 2. The van der Waals surface area contributed by atoms with Crippen molar-refractivity contribution in [3.63, 3.8) is 0 Å². The Kier molecular flexibility index (Phi) is 6.43. The summed E-state index contributed by atoms with van der Waals surface area (Å²) in [5.41, 5.74) is -0.696. The molecule has 0 aromatic heterocycles. The monoisotopic (exact) mass is 381 g/mol. The average Bonchev–Trinajstić information content (AvgIpc) is 2.84. The third kappa shape index (κ3) is 4.99. The number of carboxylic acid groups (broad SMARTS) is 1. The first-order valence-corrected chi connectivity index (χ1v) is 8.43. The van der Waals surface area contributed by atoms with Crippen molar-refractivity contribution in [2.45, 2.75) is 32.2 Å². The molecule has 27 heavy (non-hydrogen) atoms. The molecule has 1 N–H and O–H groups in total. The fourth-order valence-electron chi connectivity index (χ4n) is 3.20. The van der Waals surface area contributed by atoms with E-state index in [9.17, 15) is 28.9 Å². The van der Waals surface area contributed by atoms with Crippen LogP contribution in [0.15, 0.2) is 18.2 Å². The van der Waals surface area contributed by atoms with Crippen molar-refractivity contribution in [2.24, 2.45) is 0 Å². The summed E-state index contributed by atoms with van der Waals surface area (Å²) in [6.07, 6.45) is 1.42. The molecule has 1 aliphatic rings. The molecule has 2 amide bonds. The Labute approximate surface area is 154 Å². The van der Waals surface area contributed by atoms with Crippen molar-refractivity contribution < 1.29 is 28.8 Å².